The van der Waals surface area contributed by atoms with Crippen molar-refractivity contribution in [2.45, 2.75) is 32.4 Å². The average molecular weight is 480 g/mol. The first kappa shape index (κ1) is 24.2. The van der Waals surface area contributed by atoms with Gasteiger partial charge in [0.05, 0.1) is 12.4 Å². The summed E-state index contributed by atoms with van der Waals surface area (Å²) >= 11 is 0. The van der Waals surface area contributed by atoms with Crippen molar-refractivity contribution in [2.24, 2.45) is 7.05 Å². The second-order valence-electron chi connectivity index (χ2n) is 8.51. The number of alkyl halides is 2. The van der Waals surface area contributed by atoms with Crippen LogP contribution in [0.4, 0.5) is 14.6 Å². The number of carbonyl (C=O) groups is 1. The van der Waals surface area contributed by atoms with Crippen LogP contribution in [-0.4, -0.2) is 37.0 Å². The molecule has 0 spiro atoms. The minimum absolute atomic E-state index is 0.189. The van der Waals surface area contributed by atoms with Gasteiger partial charge in [0.2, 0.25) is 5.91 Å². The zero-order valence-corrected chi connectivity index (χ0v) is 19.7. The lowest BCUT2D eigenvalue weighted by Crippen LogP contribution is -2.35. The highest BCUT2D eigenvalue weighted by molar-refractivity contribution is 5.94. The molecule has 8 nitrogen and oxygen atoms in total. The van der Waals surface area contributed by atoms with Gasteiger partial charge >= 0.3 is 6.55 Å². The lowest BCUT2D eigenvalue weighted by atomic mass is 9.99. The molecular formula is C25H27F2N7O. The van der Waals surface area contributed by atoms with E-state index in [4.69, 9.17) is 0 Å². The number of pyridine rings is 1. The van der Waals surface area contributed by atoms with Crippen LogP contribution in [0.1, 0.15) is 42.1 Å². The first-order chi connectivity index (χ1) is 16.8. The third kappa shape index (κ3) is 5.96. The van der Waals surface area contributed by atoms with E-state index < -0.39 is 12.6 Å². The van der Waals surface area contributed by atoms with Crippen molar-refractivity contribution < 1.29 is 13.6 Å². The minimum atomic E-state index is -2.71. The van der Waals surface area contributed by atoms with E-state index in [1.54, 1.807) is 36.3 Å². The number of aryl methyl sites for hydroxylation is 2. The fourth-order valence-corrected chi connectivity index (χ4v) is 3.69. The molecule has 0 aliphatic rings. The molecule has 3 heterocycles. The Morgan fingerprint density at radius 3 is 2.34 bits per heavy atom. The van der Waals surface area contributed by atoms with E-state index in [2.05, 4.69) is 57.0 Å². The predicted molar refractivity (Wildman–Crippen MR) is 129 cm³/mol. The topological polar surface area (TPSA) is 89.7 Å². The van der Waals surface area contributed by atoms with Crippen molar-refractivity contribution in [1.82, 2.24) is 29.9 Å². The number of nitrogens with zero attached hydrogens (tertiary/aromatic N) is 5. The number of anilines is 1. The summed E-state index contributed by atoms with van der Waals surface area (Å²) in [5.41, 5.74) is 4.24. The predicted octanol–water partition coefficient (Wildman–Crippen LogP) is 4.46. The van der Waals surface area contributed by atoms with Gasteiger partial charge in [0.25, 0.3) is 0 Å². The van der Waals surface area contributed by atoms with Crippen molar-refractivity contribution in [1.29, 1.82) is 0 Å². The Labute approximate surface area is 202 Å². The van der Waals surface area contributed by atoms with Crippen molar-refractivity contribution in [3.8, 4) is 11.1 Å². The molecule has 182 valence electrons. The number of hydrogen-bond donors (Lipinski definition) is 2. The summed E-state index contributed by atoms with van der Waals surface area (Å²) in [6.07, 6.45) is 7.56. The van der Waals surface area contributed by atoms with Gasteiger partial charge in [-0.1, -0.05) is 36.8 Å². The van der Waals surface area contributed by atoms with E-state index in [9.17, 15) is 13.6 Å². The van der Waals surface area contributed by atoms with Crippen LogP contribution >= 0.6 is 0 Å². The number of carbonyl (C=O) groups excluding carboxylic acids is 1. The zero-order chi connectivity index (χ0) is 24.9. The number of benzene rings is 1. The fraction of sp³-hybridized carbons (Fsp3) is 0.280. The Morgan fingerprint density at radius 1 is 0.971 bits per heavy atom. The number of rotatable bonds is 9. The van der Waals surface area contributed by atoms with Crippen molar-refractivity contribution in [3.63, 3.8) is 0 Å². The normalized spacial score (nSPS) is 13.1. The SMILES string of the molecule is Cc1ccc([C@H](C)CN[C@H](C(=O)Nc2ccc(-c3cnn(C(F)F)c3)cn2)c2cnn(C)c2)cc1. The first-order valence-electron chi connectivity index (χ1n) is 11.2. The summed E-state index contributed by atoms with van der Waals surface area (Å²) in [5, 5.41) is 14.0. The molecule has 0 unspecified atom stereocenters. The van der Waals surface area contributed by atoms with Crippen molar-refractivity contribution in [2.75, 3.05) is 11.9 Å². The number of halogens is 2. The fourth-order valence-electron chi connectivity index (χ4n) is 3.69. The Morgan fingerprint density at radius 2 is 1.74 bits per heavy atom. The maximum atomic E-state index is 13.2. The third-order valence-corrected chi connectivity index (χ3v) is 5.74. The molecule has 0 bridgehead atoms. The molecule has 1 amide bonds. The van der Waals surface area contributed by atoms with Gasteiger partial charge in [0.1, 0.15) is 11.9 Å². The molecule has 2 atom stereocenters. The molecular weight excluding hydrogens is 452 g/mol. The largest absolute Gasteiger partial charge is 0.333 e. The molecule has 4 rings (SSSR count). The first-order valence-corrected chi connectivity index (χ1v) is 11.2. The van der Waals surface area contributed by atoms with E-state index >= 15 is 0 Å². The Hall–Kier alpha value is -3.92. The summed E-state index contributed by atoms with van der Waals surface area (Å²) in [6.45, 7) is 2.02. The second-order valence-corrected chi connectivity index (χ2v) is 8.51. The third-order valence-electron chi connectivity index (χ3n) is 5.74. The van der Waals surface area contributed by atoms with Crippen LogP contribution in [0.3, 0.4) is 0 Å². The van der Waals surface area contributed by atoms with Gasteiger partial charge in [-0.15, -0.1) is 0 Å². The molecule has 2 N–H and O–H groups in total. The number of amides is 1. The Kier molecular flexibility index (Phi) is 7.31. The van der Waals surface area contributed by atoms with Crippen LogP contribution in [-0.2, 0) is 11.8 Å². The molecule has 0 saturated heterocycles. The summed E-state index contributed by atoms with van der Waals surface area (Å²) in [5.74, 6) is 0.260. The summed E-state index contributed by atoms with van der Waals surface area (Å²) in [4.78, 5) is 17.5. The van der Waals surface area contributed by atoms with Crippen LogP contribution in [0.2, 0.25) is 0 Å². The van der Waals surface area contributed by atoms with Gasteiger partial charge < -0.3 is 10.6 Å². The van der Waals surface area contributed by atoms with E-state index in [1.165, 1.54) is 29.7 Å². The average Bonchev–Trinajstić information content (AvgIpc) is 3.50. The minimum Gasteiger partial charge on any atom is -0.309 e. The zero-order valence-electron chi connectivity index (χ0n) is 19.7. The number of hydrogen-bond acceptors (Lipinski definition) is 5. The van der Waals surface area contributed by atoms with E-state index in [0.29, 0.717) is 28.2 Å². The van der Waals surface area contributed by atoms with Crippen molar-refractivity contribution >= 4 is 11.7 Å². The molecule has 35 heavy (non-hydrogen) atoms. The van der Waals surface area contributed by atoms with Gasteiger partial charge in [0, 0.05) is 48.9 Å². The van der Waals surface area contributed by atoms with Gasteiger partial charge in [-0.2, -0.15) is 19.0 Å². The maximum Gasteiger partial charge on any atom is 0.333 e. The van der Waals surface area contributed by atoms with Crippen LogP contribution in [0.5, 0.6) is 0 Å². The lowest BCUT2D eigenvalue weighted by Gasteiger charge is -2.20. The molecule has 0 radical (unpaired) electrons. The summed E-state index contributed by atoms with van der Waals surface area (Å²) < 4.78 is 27.8. The Bertz CT molecular complexity index is 1270. The highest BCUT2D eigenvalue weighted by Gasteiger charge is 2.23. The molecule has 0 aliphatic carbocycles. The van der Waals surface area contributed by atoms with Gasteiger partial charge in [-0.25, -0.2) is 9.67 Å². The van der Waals surface area contributed by atoms with Gasteiger partial charge in [0.15, 0.2) is 0 Å². The van der Waals surface area contributed by atoms with E-state index in [1.807, 2.05) is 6.92 Å². The van der Waals surface area contributed by atoms with Crippen LogP contribution in [0.15, 0.2) is 67.4 Å². The number of aromatic nitrogens is 5. The maximum absolute atomic E-state index is 13.2. The second kappa shape index (κ2) is 10.6. The molecule has 4 aromatic rings. The standard InChI is InChI=1S/C25H27F2N7O/c1-16-4-6-18(7-5-16)17(2)10-29-23(21-13-30-33(3)14-21)24(35)32-22-9-8-19(11-28-22)20-12-31-34(15-20)25(26)27/h4-9,11-15,17,23,25,29H,10H2,1-3H3,(H,28,32,35)/t17-,23+/m1/s1. The van der Waals surface area contributed by atoms with Gasteiger partial charge in [-0.05, 0) is 30.5 Å². The lowest BCUT2D eigenvalue weighted by molar-refractivity contribution is -0.118. The van der Waals surface area contributed by atoms with E-state index in [-0.39, 0.29) is 11.8 Å². The molecule has 1 aromatic carbocycles. The highest BCUT2D eigenvalue weighted by atomic mass is 19.3. The molecule has 0 fully saturated rings. The molecule has 3 aromatic heterocycles. The van der Waals surface area contributed by atoms with Crippen LogP contribution in [0.25, 0.3) is 11.1 Å². The van der Waals surface area contributed by atoms with Crippen LogP contribution in [0, 0.1) is 6.92 Å². The quantitative estimate of drug-likeness (QED) is 0.370. The summed E-state index contributed by atoms with van der Waals surface area (Å²) in [6, 6.07) is 11.0. The smallest absolute Gasteiger partial charge is 0.309 e. The number of nitrogens with one attached hydrogen (secondary N) is 2. The Balaban J connectivity index is 1.45. The monoisotopic (exact) mass is 479 g/mol. The summed E-state index contributed by atoms with van der Waals surface area (Å²) in [7, 11) is 1.80. The van der Waals surface area contributed by atoms with E-state index in [0.717, 1.165) is 5.56 Å². The highest BCUT2D eigenvalue weighted by Crippen LogP contribution is 2.23. The van der Waals surface area contributed by atoms with Gasteiger partial charge in [-0.3, -0.25) is 9.48 Å². The molecule has 10 heteroatoms. The van der Waals surface area contributed by atoms with Crippen LogP contribution < -0.4 is 10.6 Å². The molecule has 0 aliphatic heterocycles. The van der Waals surface area contributed by atoms with Crippen molar-refractivity contribution in [3.05, 3.63) is 84.1 Å². The molecule has 0 saturated carbocycles.